The fraction of sp³-hybridized carbons (Fsp3) is 0.217. The number of hydrogen-bond acceptors (Lipinski definition) is 6. The highest BCUT2D eigenvalue weighted by molar-refractivity contribution is 7.17. The smallest absolute Gasteiger partial charge is 0.316 e. The minimum absolute atomic E-state index is 0.229. The largest absolute Gasteiger partial charge is 0.490 e. The highest BCUT2D eigenvalue weighted by atomic mass is 35.5. The Hall–Kier alpha value is -2.74. The lowest BCUT2D eigenvalue weighted by atomic mass is 10.0. The van der Waals surface area contributed by atoms with Crippen molar-refractivity contribution in [2.75, 3.05) is 20.3 Å². The molecule has 1 aliphatic rings. The van der Waals surface area contributed by atoms with Gasteiger partial charge in [0.2, 0.25) is 0 Å². The lowest BCUT2D eigenvalue weighted by Crippen LogP contribution is -2.25. The Labute approximate surface area is 188 Å². The third-order valence-electron chi connectivity index (χ3n) is 5.29. The van der Waals surface area contributed by atoms with E-state index in [9.17, 15) is 4.39 Å². The van der Waals surface area contributed by atoms with Crippen LogP contribution in [0, 0.1) is 5.82 Å². The minimum atomic E-state index is -0.229. The summed E-state index contributed by atoms with van der Waals surface area (Å²) < 4.78 is 25.5. The Morgan fingerprint density at radius 2 is 2.06 bits per heavy atom. The first-order valence-electron chi connectivity index (χ1n) is 9.80. The maximum Gasteiger partial charge on any atom is 0.316 e. The molecule has 2 aromatic carbocycles. The van der Waals surface area contributed by atoms with Crippen molar-refractivity contribution in [1.29, 1.82) is 0 Å². The van der Waals surface area contributed by atoms with E-state index in [1.807, 2.05) is 17.5 Å². The van der Waals surface area contributed by atoms with E-state index in [2.05, 4.69) is 20.9 Å². The molecule has 5 nitrogen and oxygen atoms in total. The van der Waals surface area contributed by atoms with Crippen molar-refractivity contribution in [1.82, 2.24) is 14.9 Å². The summed E-state index contributed by atoms with van der Waals surface area (Å²) in [4.78, 5) is 10.7. The van der Waals surface area contributed by atoms with Gasteiger partial charge < -0.3 is 9.47 Å². The van der Waals surface area contributed by atoms with Gasteiger partial charge in [-0.2, -0.15) is 0 Å². The average Bonchev–Trinajstić information content (AvgIpc) is 3.07. The van der Waals surface area contributed by atoms with Crippen LogP contribution in [0.5, 0.6) is 11.8 Å². The van der Waals surface area contributed by atoms with Gasteiger partial charge in [0, 0.05) is 58.8 Å². The number of methoxy groups -OCH3 is 1. The molecule has 0 N–H and O–H groups in total. The Bertz CT molecular complexity index is 1250. The van der Waals surface area contributed by atoms with Gasteiger partial charge >= 0.3 is 6.01 Å². The second-order valence-electron chi connectivity index (χ2n) is 7.37. The van der Waals surface area contributed by atoms with E-state index in [-0.39, 0.29) is 5.82 Å². The van der Waals surface area contributed by atoms with Gasteiger partial charge in [-0.05, 0) is 35.2 Å². The van der Waals surface area contributed by atoms with E-state index in [1.165, 1.54) is 17.4 Å². The van der Waals surface area contributed by atoms with Crippen LogP contribution in [-0.2, 0) is 13.1 Å². The van der Waals surface area contributed by atoms with Crippen molar-refractivity contribution in [3.05, 3.63) is 70.1 Å². The van der Waals surface area contributed by atoms with Crippen molar-refractivity contribution < 1.29 is 13.9 Å². The van der Waals surface area contributed by atoms with Crippen molar-refractivity contribution in [3.63, 3.8) is 0 Å². The molecule has 0 bridgehead atoms. The lowest BCUT2D eigenvalue weighted by molar-refractivity contribution is 0.219. The van der Waals surface area contributed by atoms with Crippen molar-refractivity contribution >= 4 is 33.0 Å². The Kier molecular flexibility index (Phi) is 5.48. The predicted molar refractivity (Wildman–Crippen MR) is 120 cm³/mol. The number of benzene rings is 2. The fourth-order valence-corrected chi connectivity index (χ4v) is 5.12. The van der Waals surface area contributed by atoms with Crippen molar-refractivity contribution in [3.8, 4) is 22.9 Å². The molecule has 5 rings (SSSR count). The van der Waals surface area contributed by atoms with Crippen molar-refractivity contribution in [2.45, 2.75) is 13.1 Å². The molecule has 4 aromatic rings. The average molecular weight is 456 g/mol. The van der Waals surface area contributed by atoms with E-state index >= 15 is 0 Å². The highest BCUT2D eigenvalue weighted by Crippen LogP contribution is 2.40. The molecular formula is C23H19ClFN3O2S. The zero-order valence-corrected chi connectivity index (χ0v) is 18.3. The summed E-state index contributed by atoms with van der Waals surface area (Å²) in [6.07, 6.45) is 3.55. The highest BCUT2D eigenvalue weighted by Gasteiger charge is 2.20. The molecule has 31 heavy (non-hydrogen) atoms. The van der Waals surface area contributed by atoms with Gasteiger partial charge in [0.05, 0.1) is 12.1 Å². The molecule has 2 aromatic heterocycles. The topological polar surface area (TPSA) is 47.5 Å². The van der Waals surface area contributed by atoms with Crippen LogP contribution in [0.3, 0.4) is 0 Å². The first-order valence-corrected chi connectivity index (χ1v) is 11.1. The maximum absolute atomic E-state index is 13.6. The van der Waals surface area contributed by atoms with Crippen LogP contribution < -0.4 is 9.47 Å². The summed E-state index contributed by atoms with van der Waals surface area (Å²) in [6, 6.07) is 9.28. The van der Waals surface area contributed by atoms with Gasteiger partial charge in [0.1, 0.15) is 18.2 Å². The minimum Gasteiger partial charge on any atom is -0.490 e. The number of aromatic nitrogens is 2. The molecule has 0 radical (unpaired) electrons. The van der Waals surface area contributed by atoms with Crippen LogP contribution in [0.4, 0.5) is 4.39 Å². The third-order valence-corrected chi connectivity index (χ3v) is 6.51. The van der Waals surface area contributed by atoms with E-state index in [1.54, 1.807) is 25.6 Å². The second-order valence-corrected chi connectivity index (χ2v) is 8.69. The zero-order chi connectivity index (χ0) is 21.4. The molecule has 0 atom stereocenters. The normalized spacial score (nSPS) is 14.2. The number of nitrogens with zero attached hydrogens (tertiary/aromatic N) is 3. The van der Waals surface area contributed by atoms with Crippen LogP contribution in [0.15, 0.2) is 48.1 Å². The van der Waals surface area contributed by atoms with Gasteiger partial charge in [0.15, 0.2) is 0 Å². The number of ether oxygens (including phenoxy) is 2. The summed E-state index contributed by atoms with van der Waals surface area (Å²) in [5, 5.41) is 3.65. The third kappa shape index (κ3) is 4.08. The first-order chi connectivity index (χ1) is 15.1. The molecule has 0 saturated carbocycles. The lowest BCUT2D eigenvalue weighted by Gasteiger charge is -2.19. The summed E-state index contributed by atoms with van der Waals surface area (Å²) in [5.74, 6) is 0.497. The zero-order valence-electron chi connectivity index (χ0n) is 16.8. The second kappa shape index (κ2) is 8.42. The van der Waals surface area contributed by atoms with Crippen molar-refractivity contribution in [2.24, 2.45) is 0 Å². The van der Waals surface area contributed by atoms with Crippen LogP contribution in [0.25, 0.3) is 21.2 Å². The Morgan fingerprint density at radius 3 is 2.87 bits per heavy atom. The van der Waals surface area contributed by atoms with Crippen LogP contribution in [-0.4, -0.2) is 35.1 Å². The molecule has 0 spiro atoms. The SMILES string of the molecule is COc1ncc(CN2CCOc3c(Cl)cc(-c4csc5cc(F)ccc45)cc3C2)cn1. The van der Waals surface area contributed by atoms with Crippen LogP contribution in [0.1, 0.15) is 11.1 Å². The quantitative estimate of drug-likeness (QED) is 0.403. The summed E-state index contributed by atoms with van der Waals surface area (Å²) in [5.41, 5.74) is 4.07. The molecule has 0 fully saturated rings. The van der Waals surface area contributed by atoms with Crippen LogP contribution in [0.2, 0.25) is 5.02 Å². The number of fused-ring (bicyclic) bond motifs is 2. The van der Waals surface area contributed by atoms with Gasteiger partial charge in [-0.3, -0.25) is 4.90 Å². The van der Waals surface area contributed by atoms with E-state index in [0.29, 0.717) is 30.7 Å². The number of thiophene rings is 1. The molecular weight excluding hydrogens is 437 g/mol. The number of halogens is 2. The summed E-state index contributed by atoms with van der Waals surface area (Å²) in [6.45, 7) is 2.68. The van der Waals surface area contributed by atoms with Gasteiger partial charge in [-0.15, -0.1) is 11.3 Å². The van der Waals surface area contributed by atoms with E-state index in [4.69, 9.17) is 21.1 Å². The predicted octanol–water partition coefficient (Wildman–Crippen LogP) is 5.55. The van der Waals surface area contributed by atoms with Crippen LogP contribution >= 0.6 is 22.9 Å². The monoisotopic (exact) mass is 455 g/mol. The van der Waals surface area contributed by atoms with Gasteiger partial charge in [-0.25, -0.2) is 14.4 Å². The van der Waals surface area contributed by atoms with Gasteiger partial charge in [0.25, 0.3) is 0 Å². The molecule has 3 heterocycles. The van der Waals surface area contributed by atoms with E-state index < -0.39 is 0 Å². The standard InChI is InChI=1S/C23H19ClFN3O2S/c1-29-23-26-9-14(10-27-23)11-28-4-5-30-22-16(12-28)6-15(7-20(22)24)19-13-31-21-8-17(25)2-3-18(19)21/h2-3,6-10,13H,4-5,11-12H2,1H3. The molecule has 0 aliphatic carbocycles. The van der Waals surface area contributed by atoms with E-state index in [0.717, 1.165) is 44.6 Å². The number of hydrogen-bond donors (Lipinski definition) is 0. The molecule has 8 heteroatoms. The number of rotatable bonds is 4. The first kappa shape index (κ1) is 20.2. The summed E-state index contributed by atoms with van der Waals surface area (Å²) >= 11 is 8.15. The summed E-state index contributed by atoms with van der Waals surface area (Å²) in [7, 11) is 1.55. The molecule has 0 unspecified atom stereocenters. The fourth-order valence-electron chi connectivity index (χ4n) is 3.83. The molecule has 0 saturated heterocycles. The Morgan fingerprint density at radius 1 is 1.23 bits per heavy atom. The molecule has 158 valence electrons. The Balaban J connectivity index is 1.46. The van der Waals surface area contributed by atoms with Gasteiger partial charge in [-0.1, -0.05) is 17.7 Å². The molecule has 0 amide bonds. The molecule has 1 aliphatic heterocycles. The maximum atomic E-state index is 13.6.